The van der Waals surface area contributed by atoms with E-state index < -0.39 is 0 Å². The van der Waals surface area contributed by atoms with E-state index in [-0.39, 0.29) is 22.5 Å². The summed E-state index contributed by atoms with van der Waals surface area (Å²) >= 11 is 0. The Bertz CT molecular complexity index is 376. The van der Waals surface area contributed by atoms with E-state index in [0.717, 1.165) is 12.0 Å². The van der Waals surface area contributed by atoms with E-state index in [1.165, 1.54) is 0 Å². The highest BCUT2D eigenvalue weighted by molar-refractivity contribution is 6.00. The lowest BCUT2D eigenvalue weighted by Crippen LogP contribution is -2.51. The van der Waals surface area contributed by atoms with Crippen molar-refractivity contribution in [3.8, 4) is 0 Å². The summed E-state index contributed by atoms with van der Waals surface area (Å²) in [5.74, 6) is 0.422. The maximum Gasteiger partial charge on any atom is 0.156 e. The molecular formula is C13H18O2. The van der Waals surface area contributed by atoms with Crippen LogP contribution in [-0.2, 0) is 9.59 Å². The van der Waals surface area contributed by atoms with Gasteiger partial charge in [0.25, 0.3) is 0 Å². The lowest BCUT2D eigenvalue weighted by Gasteiger charge is -2.54. The van der Waals surface area contributed by atoms with Gasteiger partial charge in [0.05, 0.1) is 0 Å². The SMILES string of the molecule is CC(=O)C1=C[C@@H]2CC(C)(C)[C@@]1(C)CC2=O. The minimum atomic E-state index is -0.245. The smallest absolute Gasteiger partial charge is 0.156 e. The summed E-state index contributed by atoms with van der Waals surface area (Å²) in [6, 6.07) is 0. The van der Waals surface area contributed by atoms with E-state index in [1.54, 1.807) is 6.92 Å². The van der Waals surface area contributed by atoms with Crippen LogP contribution in [-0.4, -0.2) is 11.6 Å². The molecule has 82 valence electrons. The molecule has 2 bridgehead atoms. The van der Waals surface area contributed by atoms with Gasteiger partial charge in [0.2, 0.25) is 0 Å². The molecule has 0 radical (unpaired) electrons. The van der Waals surface area contributed by atoms with Crippen LogP contribution in [0.5, 0.6) is 0 Å². The molecule has 0 aliphatic heterocycles. The van der Waals surface area contributed by atoms with E-state index in [1.807, 2.05) is 6.08 Å². The zero-order chi connectivity index (χ0) is 11.4. The quantitative estimate of drug-likeness (QED) is 0.660. The fourth-order valence-electron chi connectivity index (χ4n) is 3.11. The molecule has 3 aliphatic carbocycles. The summed E-state index contributed by atoms with van der Waals surface area (Å²) in [4.78, 5) is 23.4. The molecule has 3 aliphatic rings. The number of fused-ring (bicyclic) bond motifs is 2. The van der Waals surface area contributed by atoms with Crippen molar-refractivity contribution in [2.24, 2.45) is 16.7 Å². The van der Waals surface area contributed by atoms with Gasteiger partial charge < -0.3 is 0 Å². The molecule has 1 saturated carbocycles. The Kier molecular flexibility index (Phi) is 1.98. The maximum atomic E-state index is 11.8. The van der Waals surface area contributed by atoms with E-state index in [2.05, 4.69) is 20.8 Å². The molecule has 3 rings (SSSR count). The second-order valence-corrected chi connectivity index (χ2v) is 5.81. The van der Waals surface area contributed by atoms with Crippen LogP contribution in [0.25, 0.3) is 0 Å². The van der Waals surface area contributed by atoms with Gasteiger partial charge in [-0.1, -0.05) is 26.8 Å². The molecule has 0 amide bonds. The van der Waals surface area contributed by atoms with Crippen molar-refractivity contribution in [1.29, 1.82) is 0 Å². The largest absolute Gasteiger partial charge is 0.299 e. The van der Waals surface area contributed by atoms with Crippen LogP contribution in [0.4, 0.5) is 0 Å². The molecule has 0 unspecified atom stereocenters. The van der Waals surface area contributed by atoms with Gasteiger partial charge in [0.15, 0.2) is 5.78 Å². The topological polar surface area (TPSA) is 34.1 Å². The fourth-order valence-corrected chi connectivity index (χ4v) is 3.11. The molecule has 2 nitrogen and oxygen atoms in total. The molecule has 0 saturated heterocycles. The van der Waals surface area contributed by atoms with Crippen molar-refractivity contribution in [1.82, 2.24) is 0 Å². The molecular weight excluding hydrogens is 188 g/mol. The van der Waals surface area contributed by atoms with Crippen molar-refractivity contribution in [3.05, 3.63) is 11.6 Å². The minimum Gasteiger partial charge on any atom is -0.299 e. The number of rotatable bonds is 1. The number of carbonyl (C=O) groups is 2. The minimum absolute atomic E-state index is 0.0132. The average Bonchev–Trinajstić information content (AvgIpc) is 2.06. The second-order valence-electron chi connectivity index (χ2n) is 5.81. The van der Waals surface area contributed by atoms with E-state index >= 15 is 0 Å². The van der Waals surface area contributed by atoms with Crippen molar-refractivity contribution < 1.29 is 9.59 Å². The lowest BCUT2D eigenvalue weighted by atomic mass is 9.48. The summed E-state index contributed by atoms with van der Waals surface area (Å²) in [7, 11) is 0. The number of hydrogen-bond acceptors (Lipinski definition) is 2. The Balaban J connectivity index is 2.57. The molecule has 2 atom stereocenters. The van der Waals surface area contributed by atoms with Gasteiger partial charge in [-0.25, -0.2) is 0 Å². The van der Waals surface area contributed by atoms with Crippen LogP contribution < -0.4 is 0 Å². The molecule has 0 N–H and O–H groups in total. The average molecular weight is 206 g/mol. The number of Topliss-reactive ketones (excluding diaryl/α,β-unsaturated/α-hetero) is 2. The fraction of sp³-hybridized carbons (Fsp3) is 0.692. The van der Waals surface area contributed by atoms with Crippen molar-refractivity contribution in [2.45, 2.75) is 40.5 Å². The highest BCUT2D eigenvalue weighted by Crippen LogP contribution is 2.59. The van der Waals surface area contributed by atoms with E-state index in [9.17, 15) is 9.59 Å². The van der Waals surface area contributed by atoms with Crippen molar-refractivity contribution >= 4 is 11.6 Å². The molecule has 0 spiro atoms. The predicted octanol–water partition coefficient (Wildman–Crippen LogP) is 2.53. The van der Waals surface area contributed by atoms with Gasteiger partial charge >= 0.3 is 0 Å². The zero-order valence-corrected chi connectivity index (χ0v) is 9.89. The van der Waals surface area contributed by atoms with Crippen LogP contribution in [0.2, 0.25) is 0 Å². The van der Waals surface area contributed by atoms with Crippen LogP contribution in [0.3, 0.4) is 0 Å². The Labute approximate surface area is 90.7 Å². The van der Waals surface area contributed by atoms with Gasteiger partial charge in [0, 0.05) is 17.8 Å². The first-order valence-electron chi connectivity index (χ1n) is 5.54. The van der Waals surface area contributed by atoms with Crippen molar-refractivity contribution in [3.63, 3.8) is 0 Å². The predicted molar refractivity (Wildman–Crippen MR) is 58.4 cm³/mol. The highest BCUT2D eigenvalue weighted by atomic mass is 16.1. The molecule has 0 aromatic rings. The third-order valence-electron chi connectivity index (χ3n) is 4.51. The van der Waals surface area contributed by atoms with Gasteiger partial charge in [0.1, 0.15) is 5.78 Å². The number of carbonyl (C=O) groups excluding carboxylic acids is 2. The molecule has 0 heterocycles. The maximum absolute atomic E-state index is 11.8. The van der Waals surface area contributed by atoms with Gasteiger partial charge in [-0.05, 0) is 24.3 Å². The van der Waals surface area contributed by atoms with Crippen LogP contribution in [0.15, 0.2) is 11.6 Å². The number of hydrogen-bond donors (Lipinski definition) is 0. The molecule has 0 aromatic carbocycles. The van der Waals surface area contributed by atoms with Crippen LogP contribution in [0, 0.1) is 16.7 Å². The standard InChI is InChI=1S/C13H18O2/c1-8(14)10-5-9-6-12(2,3)13(10,4)7-11(9)15/h5,9H,6-7H2,1-4H3/t9-,13+/m1/s1. The van der Waals surface area contributed by atoms with Crippen LogP contribution >= 0.6 is 0 Å². The summed E-state index contributed by atoms with van der Waals surface area (Å²) in [6.07, 6.45) is 3.34. The summed E-state index contributed by atoms with van der Waals surface area (Å²) < 4.78 is 0. The van der Waals surface area contributed by atoms with E-state index in [0.29, 0.717) is 12.2 Å². The first-order valence-corrected chi connectivity index (χ1v) is 5.54. The Hall–Kier alpha value is -0.920. The summed E-state index contributed by atoms with van der Waals surface area (Å²) in [5, 5.41) is 0. The Morgan fingerprint density at radius 1 is 1.40 bits per heavy atom. The van der Waals surface area contributed by atoms with Crippen LogP contribution in [0.1, 0.15) is 40.5 Å². The van der Waals surface area contributed by atoms with Gasteiger partial charge in [-0.15, -0.1) is 0 Å². The van der Waals surface area contributed by atoms with Gasteiger partial charge in [-0.3, -0.25) is 9.59 Å². The molecule has 15 heavy (non-hydrogen) atoms. The van der Waals surface area contributed by atoms with Crippen molar-refractivity contribution in [2.75, 3.05) is 0 Å². The highest BCUT2D eigenvalue weighted by Gasteiger charge is 2.55. The third-order valence-corrected chi connectivity index (χ3v) is 4.51. The number of ketones is 2. The Morgan fingerprint density at radius 3 is 2.53 bits per heavy atom. The van der Waals surface area contributed by atoms with Gasteiger partial charge in [-0.2, -0.15) is 0 Å². The monoisotopic (exact) mass is 206 g/mol. The normalized spacial score (nSPS) is 37.7. The lowest BCUT2D eigenvalue weighted by molar-refractivity contribution is -0.134. The van der Waals surface area contributed by atoms with E-state index in [4.69, 9.17) is 0 Å². The zero-order valence-electron chi connectivity index (χ0n) is 9.89. The first kappa shape index (κ1) is 10.6. The Morgan fingerprint density at radius 2 is 2.00 bits per heavy atom. The first-order chi connectivity index (χ1) is 6.78. The summed E-state index contributed by atoms with van der Waals surface area (Å²) in [5.41, 5.74) is 0.690. The second kappa shape index (κ2) is 2.81. The molecule has 0 aromatic heterocycles. The number of allylic oxidation sites excluding steroid dienone is 2. The third kappa shape index (κ3) is 1.23. The molecule has 2 heteroatoms. The summed E-state index contributed by atoms with van der Waals surface area (Å²) in [6.45, 7) is 8.01. The molecule has 1 fully saturated rings.